The fourth-order valence-corrected chi connectivity index (χ4v) is 6.18. The molecule has 176 valence electrons. The Labute approximate surface area is 197 Å². The minimum absolute atomic E-state index is 0.0499. The van der Waals surface area contributed by atoms with E-state index < -0.39 is 23.0 Å². The smallest absolute Gasteiger partial charge is 0.408 e. The number of benzene rings is 2. The van der Waals surface area contributed by atoms with Gasteiger partial charge in [0.25, 0.3) is 0 Å². The number of amides is 2. The quantitative estimate of drug-likeness (QED) is 0.583. The number of hydrogen-bond donors (Lipinski definition) is 3. The minimum atomic E-state index is -0.996. The molecule has 0 heterocycles. The Kier molecular flexibility index (Phi) is 4.57. The maximum absolute atomic E-state index is 12.9. The van der Waals surface area contributed by atoms with Crippen LogP contribution in [-0.2, 0) is 14.3 Å². The van der Waals surface area contributed by atoms with Gasteiger partial charge in [0.1, 0.15) is 12.1 Å². The molecule has 2 aromatic carbocycles. The number of carboxylic acids is 1. The number of fused-ring (bicyclic) bond motifs is 3. The van der Waals surface area contributed by atoms with Crippen LogP contribution in [0.1, 0.15) is 55.6 Å². The lowest BCUT2D eigenvalue weighted by Crippen LogP contribution is -2.51. The summed E-state index contributed by atoms with van der Waals surface area (Å²) in [6, 6.07) is 16.3. The van der Waals surface area contributed by atoms with Gasteiger partial charge in [0.2, 0.25) is 5.91 Å². The molecule has 0 radical (unpaired) electrons. The molecule has 0 aliphatic heterocycles. The highest BCUT2D eigenvalue weighted by atomic mass is 16.5. The number of nitrogens with one attached hydrogen (secondary N) is 2. The van der Waals surface area contributed by atoms with Gasteiger partial charge in [-0.15, -0.1) is 0 Å². The van der Waals surface area contributed by atoms with E-state index in [0.717, 1.165) is 41.5 Å². The summed E-state index contributed by atoms with van der Waals surface area (Å²) in [6.45, 7) is 0.303. The molecule has 34 heavy (non-hydrogen) atoms. The molecule has 6 rings (SSSR count). The Balaban J connectivity index is 1.07. The summed E-state index contributed by atoms with van der Waals surface area (Å²) < 4.78 is 5.60. The standard InChI is InChI=1S/C27H28N2O5/c30-22(28-16-26(23(31)32)15-25(26)10-5-11-25)27(12-13-27)29-24(33)34-14-21-19-8-3-1-6-17(19)18-7-2-4-9-20(18)21/h1-4,6-9,21H,5,10-16H2,(H,28,30)(H,29,33)(H,31,32). The molecule has 3 saturated carbocycles. The number of rotatable bonds is 7. The summed E-state index contributed by atoms with van der Waals surface area (Å²) in [5.74, 6) is -1.20. The third kappa shape index (κ3) is 3.06. The average molecular weight is 461 g/mol. The number of alkyl carbamates (subject to hydrolysis) is 1. The Morgan fingerprint density at radius 3 is 2.06 bits per heavy atom. The van der Waals surface area contributed by atoms with Crippen molar-refractivity contribution in [2.45, 2.75) is 50.0 Å². The van der Waals surface area contributed by atoms with Gasteiger partial charge in [0.15, 0.2) is 0 Å². The van der Waals surface area contributed by atoms with Crippen LogP contribution in [0, 0.1) is 10.8 Å². The van der Waals surface area contributed by atoms with E-state index in [1.165, 1.54) is 0 Å². The van der Waals surface area contributed by atoms with Crippen LogP contribution < -0.4 is 10.6 Å². The number of hydrogen-bond acceptors (Lipinski definition) is 4. The van der Waals surface area contributed by atoms with Crippen molar-refractivity contribution in [1.82, 2.24) is 10.6 Å². The minimum Gasteiger partial charge on any atom is -0.481 e. The SMILES string of the molecule is O=C(NC1(C(=O)NCC2(C(=O)O)CC23CCC3)CC1)OCC1c2ccccc2-c2ccccc21. The van der Waals surface area contributed by atoms with Gasteiger partial charge in [0, 0.05) is 12.5 Å². The first-order valence-electron chi connectivity index (χ1n) is 12.0. The van der Waals surface area contributed by atoms with Gasteiger partial charge < -0.3 is 20.5 Å². The zero-order valence-electron chi connectivity index (χ0n) is 18.9. The predicted octanol–water partition coefficient (Wildman–Crippen LogP) is 3.82. The van der Waals surface area contributed by atoms with Crippen LogP contribution in [0.5, 0.6) is 0 Å². The van der Waals surface area contributed by atoms with E-state index in [0.29, 0.717) is 19.3 Å². The molecule has 1 unspecified atom stereocenters. The molecule has 7 nitrogen and oxygen atoms in total. The summed E-state index contributed by atoms with van der Waals surface area (Å²) in [6.07, 6.45) is 3.93. The topological polar surface area (TPSA) is 105 Å². The van der Waals surface area contributed by atoms with Gasteiger partial charge in [0.05, 0.1) is 5.41 Å². The summed E-state index contributed by atoms with van der Waals surface area (Å²) in [4.78, 5) is 37.4. The fraction of sp³-hybridized carbons (Fsp3) is 0.444. The second-order valence-corrected chi connectivity index (χ2v) is 10.4. The van der Waals surface area contributed by atoms with Gasteiger partial charge >= 0.3 is 12.1 Å². The molecule has 4 aliphatic carbocycles. The molecule has 3 N–H and O–H groups in total. The van der Waals surface area contributed by atoms with Gasteiger partial charge in [-0.25, -0.2) is 4.79 Å². The second kappa shape index (κ2) is 7.32. The normalized spacial score (nSPS) is 24.4. The van der Waals surface area contributed by atoms with Crippen molar-refractivity contribution in [1.29, 1.82) is 0 Å². The molecule has 7 heteroatoms. The van der Waals surface area contributed by atoms with Gasteiger partial charge in [-0.1, -0.05) is 55.0 Å². The predicted molar refractivity (Wildman–Crippen MR) is 124 cm³/mol. The number of ether oxygens (including phenoxy) is 1. The van der Waals surface area contributed by atoms with Gasteiger partial charge in [-0.05, 0) is 59.8 Å². The molecule has 0 bridgehead atoms. The maximum atomic E-state index is 12.9. The first kappa shape index (κ1) is 21.2. The first-order valence-corrected chi connectivity index (χ1v) is 12.0. The fourth-order valence-electron chi connectivity index (χ4n) is 6.18. The van der Waals surface area contributed by atoms with Crippen LogP contribution in [0.2, 0.25) is 0 Å². The maximum Gasteiger partial charge on any atom is 0.408 e. The lowest BCUT2D eigenvalue weighted by atomic mass is 9.75. The van der Waals surface area contributed by atoms with Crippen molar-refractivity contribution in [3.63, 3.8) is 0 Å². The lowest BCUT2D eigenvalue weighted by Gasteiger charge is -2.31. The highest BCUT2D eigenvalue weighted by Crippen LogP contribution is 2.73. The van der Waals surface area contributed by atoms with Crippen LogP contribution in [0.25, 0.3) is 11.1 Å². The largest absolute Gasteiger partial charge is 0.481 e. The van der Waals surface area contributed by atoms with Crippen molar-refractivity contribution in [2.75, 3.05) is 13.2 Å². The average Bonchev–Trinajstić information content (AvgIpc) is 3.71. The highest BCUT2D eigenvalue weighted by molar-refractivity contribution is 5.93. The molecule has 1 atom stereocenters. The van der Waals surface area contributed by atoms with E-state index in [9.17, 15) is 19.5 Å². The zero-order chi connectivity index (χ0) is 23.6. The number of carboxylic acid groups (broad SMARTS) is 1. The molecular weight excluding hydrogens is 432 g/mol. The second-order valence-electron chi connectivity index (χ2n) is 10.4. The van der Waals surface area contributed by atoms with Crippen molar-refractivity contribution >= 4 is 18.0 Å². The van der Waals surface area contributed by atoms with Crippen LogP contribution in [0.15, 0.2) is 48.5 Å². The Bertz CT molecular complexity index is 1150. The van der Waals surface area contributed by atoms with Gasteiger partial charge in [-0.2, -0.15) is 0 Å². The first-order chi connectivity index (χ1) is 16.4. The monoisotopic (exact) mass is 460 g/mol. The molecule has 1 spiro atoms. The van der Waals surface area contributed by atoms with Crippen molar-refractivity contribution in [2.24, 2.45) is 10.8 Å². The van der Waals surface area contributed by atoms with Crippen molar-refractivity contribution in [3.05, 3.63) is 59.7 Å². The molecule has 2 aromatic rings. The van der Waals surface area contributed by atoms with E-state index in [2.05, 4.69) is 34.9 Å². The number of carbonyl (C=O) groups is 3. The van der Waals surface area contributed by atoms with E-state index in [1.807, 2.05) is 24.3 Å². The Hall–Kier alpha value is -3.35. The molecule has 0 aromatic heterocycles. The summed E-state index contributed by atoms with van der Waals surface area (Å²) in [7, 11) is 0. The van der Waals surface area contributed by atoms with E-state index in [-0.39, 0.29) is 30.4 Å². The van der Waals surface area contributed by atoms with Crippen molar-refractivity contribution in [3.8, 4) is 11.1 Å². The third-order valence-electron chi connectivity index (χ3n) is 8.67. The van der Waals surface area contributed by atoms with Crippen LogP contribution in [-0.4, -0.2) is 41.8 Å². The third-order valence-corrected chi connectivity index (χ3v) is 8.67. The summed E-state index contributed by atoms with van der Waals surface area (Å²) in [5, 5.41) is 15.3. The molecule has 4 aliphatic rings. The molecular formula is C27H28N2O5. The van der Waals surface area contributed by atoms with Gasteiger partial charge in [-0.3, -0.25) is 9.59 Å². The Morgan fingerprint density at radius 1 is 0.941 bits per heavy atom. The van der Waals surface area contributed by atoms with Crippen LogP contribution in [0.4, 0.5) is 4.79 Å². The molecule has 3 fully saturated rings. The zero-order valence-corrected chi connectivity index (χ0v) is 18.9. The van der Waals surface area contributed by atoms with E-state index in [1.54, 1.807) is 0 Å². The highest BCUT2D eigenvalue weighted by Gasteiger charge is 2.74. The van der Waals surface area contributed by atoms with E-state index in [4.69, 9.17) is 4.74 Å². The Morgan fingerprint density at radius 2 is 1.56 bits per heavy atom. The van der Waals surface area contributed by atoms with Crippen LogP contribution >= 0.6 is 0 Å². The number of aliphatic carboxylic acids is 1. The lowest BCUT2D eigenvalue weighted by molar-refractivity contribution is -0.146. The summed E-state index contributed by atoms with van der Waals surface area (Å²) >= 11 is 0. The molecule has 2 amide bonds. The molecule has 0 saturated heterocycles. The van der Waals surface area contributed by atoms with Crippen molar-refractivity contribution < 1.29 is 24.2 Å². The number of carbonyl (C=O) groups excluding carboxylic acids is 2. The summed E-state index contributed by atoms with van der Waals surface area (Å²) in [5.41, 5.74) is 2.59. The van der Waals surface area contributed by atoms with Crippen LogP contribution in [0.3, 0.4) is 0 Å². The van der Waals surface area contributed by atoms with E-state index >= 15 is 0 Å².